The smallest absolute Gasteiger partial charge is 0.119 e. The van der Waals surface area contributed by atoms with Crippen LogP contribution in [0.25, 0.3) is 0 Å². The van der Waals surface area contributed by atoms with Crippen LogP contribution in [0.15, 0.2) is 24.3 Å². The van der Waals surface area contributed by atoms with Crippen molar-refractivity contribution in [3.63, 3.8) is 0 Å². The average molecular weight is 234 g/mol. The van der Waals surface area contributed by atoms with Gasteiger partial charge in [-0.1, -0.05) is 26.0 Å². The largest absolute Gasteiger partial charge is 0.494 e. The molecule has 0 aliphatic rings. The van der Waals surface area contributed by atoms with Crippen LogP contribution in [0.4, 0.5) is 0 Å². The second-order valence-corrected chi connectivity index (χ2v) is 4.36. The van der Waals surface area contributed by atoms with Gasteiger partial charge in [0.2, 0.25) is 0 Å². The third kappa shape index (κ3) is 4.89. The molecule has 0 aliphatic heterocycles. The van der Waals surface area contributed by atoms with Crippen molar-refractivity contribution < 1.29 is 4.74 Å². The van der Waals surface area contributed by atoms with Gasteiger partial charge in [-0.15, -0.1) is 0 Å². The number of ether oxygens (including phenoxy) is 1. The fourth-order valence-corrected chi connectivity index (χ4v) is 1.58. The van der Waals surface area contributed by atoms with Gasteiger partial charge in [-0.2, -0.15) is 0 Å². The highest BCUT2D eigenvalue weighted by Crippen LogP contribution is 2.21. The van der Waals surface area contributed by atoms with Crippen molar-refractivity contribution in [3.8, 4) is 5.75 Å². The molecule has 1 atom stereocenters. The molecule has 1 aromatic rings. The van der Waals surface area contributed by atoms with Crippen molar-refractivity contribution in [2.24, 2.45) is 5.73 Å². The average Bonchev–Trinajstić information content (AvgIpc) is 2.34. The van der Waals surface area contributed by atoms with E-state index in [0.717, 1.165) is 18.6 Å². The Labute approximate surface area is 103 Å². The lowest BCUT2D eigenvalue weighted by Crippen LogP contribution is -2.10. The lowest BCUT2D eigenvalue weighted by molar-refractivity contribution is 0.313. The van der Waals surface area contributed by atoms with Crippen LogP contribution in [0.3, 0.4) is 0 Å². The van der Waals surface area contributed by atoms with Gasteiger partial charge in [-0.25, -0.2) is 0 Å². The fraction of sp³-hybridized carbons (Fsp3) is 0.500. The third-order valence-corrected chi connectivity index (χ3v) is 2.92. The molecule has 3 N–H and O–H groups in total. The first-order chi connectivity index (χ1) is 8.13. The molecule has 0 amide bonds. The van der Waals surface area contributed by atoms with Gasteiger partial charge in [-0.05, 0) is 36.5 Å². The first-order valence-corrected chi connectivity index (χ1v) is 6.19. The Kier molecular flexibility index (Phi) is 5.53. The van der Waals surface area contributed by atoms with E-state index < -0.39 is 0 Å². The minimum atomic E-state index is 0.223. The van der Waals surface area contributed by atoms with Gasteiger partial charge < -0.3 is 10.5 Å². The van der Waals surface area contributed by atoms with E-state index in [1.165, 1.54) is 5.56 Å². The summed E-state index contributed by atoms with van der Waals surface area (Å²) < 4.78 is 5.57. The monoisotopic (exact) mass is 234 g/mol. The van der Waals surface area contributed by atoms with E-state index in [-0.39, 0.29) is 5.84 Å². The van der Waals surface area contributed by atoms with Gasteiger partial charge in [0.05, 0.1) is 12.4 Å². The van der Waals surface area contributed by atoms with Crippen molar-refractivity contribution in [2.75, 3.05) is 6.61 Å². The zero-order valence-corrected chi connectivity index (χ0v) is 10.7. The summed E-state index contributed by atoms with van der Waals surface area (Å²) in [7, 11) is 0. The molecule has 0 heterocycles. The molecule has 1 unspecified atom stereocenters. The molecule has 94 valence electrons. The fourth-order valence-electron chi connectivity index (χ4n) is 1.58. The molecule has 0 saturated carbocycles. The van der Waals surface area contributed by atoms with Crippen LogP contribution in [0, 0.1) is 5.41 Å². The van der Waals surface area contributed by atoms with Crippen molar-refractivity contribution in [3.05, 3.63) is 29.8 Å². The number of amidine groups is 1. The van der Waals surface area contributed by atoms with Crippen LogP contribution >= 0.6 is 0 Å². The lowest BCUT2D eigenvalue weighted by atomic mass is 9.99. The highest BCUT2D eigenvalue weighted by Gasteiger charge is 2.02. The topological polar surface area (TPSA) is 59.1 Å². The summed E-state index contributed by atoms with van der Waals surface area (Å²) >= 11 is 0. The maximum atomic E-state index is 7.10. The quantitative estimate of drug-likeness (QED) is 0.432. The van der Waals surface area contributed by atoms with Crippen molar-refractivity contribution in [1.82, 2.24) is 0 Å². The second kappa shape index (κ2) is 6.94. The third-order valence-electron chi connectivity index (χ3n) is 2.92. The Hall–Kier alpha value is -1.51. The number of nitrogens with one attached hydrogen (secondary N) is 1. The zero-order valence-electron chi connectivity index (χ0n) is 10.7. The molecule has 17 heavy (non-hydrogen) atoms. The van der Waals surface area contributed by atoms with Gasteiger partial charge in [0.25, 0.3) is 0 Å². The standard InChI is InChI=1S/C14H22N2O/c1-3-11(2)12-6-8-13(9-7-12)17-10-4-5-14(15)16/h6-9,11H,3-5,10H2,1-2H3,(H3,15,16). The van der Waals surface area contributed by atoms with E-state index in [1.54, 1.807) is 0 Å². The highest BCUT2D eigenvalue weighted by molar-refractivity contribution is 5.76. The predicted octanol–water partition coefficient (Wildman–Crippen LogP) is 3.30. The molecular weight excluding hydrogens is 212 g/mol. The number of hydrogen-bond donors (Lipinski definition) is 2. The number of hydrogen-bond acceptors (Lipinski definition) is 2. The maximum absolute atomic E-state index is 7.10. The molecule has 1 aromatic carbocycles. The summed E-state index contributed by atoms with van der Waals surface area (Å²) in [4.78, 5) is 0. The van der Waals surface area contributed by atoms with Gasteiger partial charge in [0.15, 0.2) is 0 Å². The van der Waals surface area contributed by atoms with Gasteiger partial charge >= 0.3 is 0 Å². The van der Waals surface area contributed by atoms with Crippen molar-refractivity contribution in [1.29, 1.82) is 5.41 Å². The van der Waals surface area contributed by atoms with Crippen LogP contribution < -0.4 is 10.5 Å². The SMILES string of the molecule is CCC(C)c1ccc(OCCCC(=N)N)cc1. The molecule has 0 aliphatic carbocycles. The van der Waals surface area contributed by atoms with Crippen LogP contribution in [0.5, 0.6) is 5.75 Å². The van der Waals surface area contributed by atoms with Gasteiger partial charge in [0, 0.05) is 6.42 Å². The lowest BCUT2D eigenvalue weighted by Gasteiger charge is -2.10. The summed E-state index contributed by atoms with van der Waals surface area (Å²) in [6, 6.07) is 8.26. The van der Waals surface area contributed by atoms with Gasteiger partial charge in [0.1, 0.15) is 5.75 Å². The Bertz CT molecular complexity index is 346. The number of benzene rings is 1. The van der Waals surface area contributed by atoms with Crippen molar-refractivity contribution in [2.45, 2.75) is 39.0 Å². The maximum Gasteiger partial charge on any atom is 0.119 e. The molecular formula is C14H22N2O. The summed E-state index contributed by atoms with van der Waals surface area (Å²) in [5.41, 5.74) is 6.62. The number of rotatable bonds is 7. The number of nitrogens with two attached hydrogens (primary N) is 1. The summed E-state index contributed by atoms with van der Waals surface area (Å²) in [6.45, 7) is 5.03. The van der Waals surface area contributed by atoms with Crippen LogP contribution in [0.1, 0.15) is 44.6 Å². The van der Waals surface area contributed by atoms with E-state index in [9.17, 15) is 0 Å². The Balaban J connectivity index is 2.38. The first kappa shape index (κ1) is 13.6. The molecule has 0 spiro atoms. The molecule has 0 radical (unpaired) electrons. The zero-order chi connectivity index (χ0) is 12.7. The van der Waals surface area contributed by atoms with E-state index in [2.05, 4.69) is 26.0 Å². The van der Waals surface area contributed by atoms with Crippen LogP contribution in [0.2, 0.25) is 0 Å². The summed E-state index contributed by atoms with van der Waals surface area (Å²) in [6.07, 6.45) is 2.55. The predicted molar refractivity (Wildman–Crippen MR) is 71.8 cm³/mol. The minimum Gasteiger partial charge on any atom is -0.494 e. The molecule has 0 fully saturated rings. The first-order valence-electron chi connectivity index (χ1n) is 6.19. The second-order valence-electron chi connectivity index (χ2n) is 4.36. The molecule has 1 rings (SSSR count). The van der Waals surface area contributed by atoms with E-state index in [0.29, 0.717) is 18.9 Å². The Morgan fingerprint density at radius 3 is 2.53 bits per heavy atom. The summed E-state index contributed by atoms with van der Waals surface area (Å²) in [5, 5.41) is 7.10. The molecule has 3 nitrogen and oxygen atoms in total. The van der Waals surface area contributed by atoms with Crippen molar-refractivity contribution >= 4 is 5.84 Å². The minimum absolute atomic E-state index is 0.223. The Morgan fingerprint density at radius 2 is 2.00 bits per heavy atom. The van der Waals surface area contributed by atoms with Gasteiger partial charge in [-0.3, -0.25) is 5.41 Å². The normalized spacial score (nSPS) is 12.1. The molecule has 0 saturated heterocycles. The van der Waals surface area contributed by atoms with Crippen LogP contribution in [-0.2, 0) is 0 Å². The molecule has 0 bridgehead atoms. The van der Waals surface area contributed by atoms with E-state index in [1.807, 2.05) is 12.1 Å². The molecule has 3 heteroatoms. The summed E-state index contributed by atoms with van der Waals surface area (Å²) in [5.74, 6) is 1.71. The highest BCUT2D eigenvalue weighted by atomic mass is 16.5. The van der Waals surface area contributed by atoms with E-state index in [4.69, 9.17) is 15.9 Å². The van der Waals surface area contributed by atoms with Crippen LogP contribution in [-0.4, -0.2) is 12.4 Å². The van der Waals surface area contributed by atoms with E-state index >= 15 is 0 Å². The Morgan fingerprint density at radius 1 is 1.35 bits per heavy atom. The molecule has 0 aromatic heterocycles.